The van der Waals surface area contributed by atoms with Crippen LogP contribution in [0.4, 0.5) is 0 Å². The molecule has 0 aromatic carbocycles. The van der Waals surface area contributed by atoms with Crippen LogP contribution >= 0.6 is 0 Å². The van der Waals surface area contributed by atoms with Crippen molar-refractivity contribution in [3.63, 3.8) is 0 Å². The molecule has 2 heterocycles. The number of sulfonamides is 1. The predicted molar refractivity (Wildman–Crippen MR) is 64.8 cm³/mol. The molecule has 0 saturated carbocycles. The Balaban J connectivity index is 1.84. The van der Waals surface area contributed by atoms with Gasteiger partial charge in [0.15, 0.2) is 0 Å². The molecule has 106 valence electrons. The molecule has 2 fully saturated rings. The minimum atomic E-state index is -3.32. The van der Waals surface area contributed by atoms with Crippen molar-refractivity contribution >= 4 is 10.0 Å². The first kappa shape index (κ1) is 14.2. The molecular weight excluding hydrogens is 260 g/mol. The monoisotopic (exact) mass is 280 g/mol. The van der Waals surface area contributed by atoms with Crippen molar-refractivity contribution in [2.24, 2.45) is 0 Å². The van der Waals surface area contributed by atoms with Crippen LogP contribution in [0.25, 0.3) is 0 Å². The van der Waals surface area contributed by atoms with Crippen LogP contribution in [0.5, 0.6) is 0 Å². The summed E-state index contributed by atoms with van der Waals surface area (Å²) in [5, 5.41) is 10.0. The van der Waals surface area contributed by atoms with Crippen LogP contribution in [0.15, 0.2) is 0 Å². The summed E-state index contributed by atoms with van der Waals surface area (Å²) in [5.74, 6) is 0. The molecule has 7 nitrogen and oxygen atoms in total. The molecule has 0 aromatic heterocycles. The van der Waals surface area contributed by atoms with Crippen LogP contribution in [0.3, 0.4) is 0 Å². The molecule has 8 heteroatoms. The van der Waals surface area contributed by atoms with Crippen molar-refractivity contribution < 1.29 is 23.0 Å². The smallest absolute Gasteiger partial charge is 0.209 e. The number of hydrogen-bond acceptors (Lipinski definition) is 6. The number of aliphatic hydroxyl groups is 1. The number of nitrogens with zero attached hydrogens (tertiary/aromatic N) is 1. The van der Waals surface area contributed by atoms with Crippen molar-refractivity contribution in [3.8, 4) is 0 Å². The molecule has 0 bridgehead atoms. The number of aliphatic hydroxyl groups excluding tert-OH is 1. The molecule has 2 N–H and O–H groups in total. The van der Waals surface area contributed by atoms with Crippen molar-refractivity contribution in [2.45, 2.75) is 18.2 Å². The minimum absolute atomic E-state index is 0.212. The number of ether oxygens (including phenoxy) is 2. The van der Waals surface area contributed by atoms with E-state index in [2.05, 4.69) is 9.62 Å². The number of nitrogens with one attached hydrogen (secondary N) is 1. The van der Waals surface area contributed by atoms with Gasteiger partial charge in [-0.25, -0.2) is 13.1 Å². The van der Waals surface area contributed by atoms with E-state index in [1.807, 2.05) is 0 Å². The second kappa shape index (κ2) is 5.81. The van der Waals surface area contributed by atoms with Gasteiger partial charge >= 0.3 is 0 Å². The van der Waals surface area contributed by atoms with Gasteiger partial charge in [-0.3, -0.25) is 4.90 Å². The van der Waals surface area contributed by atoms with Crippen LogP contribution < -0.4 is 4.72 Å². The van der Waals surface area contributed by atoms with Crippen molar-refractivity contribution in [3.05, 3.63) is 0 Å². The van der Waals surface area contributed by atoms with Crippen LogP contribution in [-0.4, -0.2) is 82.4 Å². The Labute approximate surface area is 107 Å². The Bertz CT molecular complexity index is 368. The lowest BCUT2D eigenvalue weighted by Gasteiger charge is -2.29. The number of hydrogen-bond donors (Lipinski definition) is 2. The topological polar surface area (TPSA) is 88.1 Å². The molecule has 2 saturated heterocycles. The summed E-state index contributed by atoms with van der Waals surface area (Å²) in [7, 11) is -3.32. The average Bonchev–Trinajstić information content (AvgIpc) is 2.61. The molecule has 0 aromatic rings. The van der Waals surface area contributed by atoms with E-state index >= 15 is 0 Å². The molecule has 2 aliphatic rings. The zero-order chi connectivity index (χ0) is 13.2. The van der Waals surface area contributed by atoms with E-state index in [9.17, 15) is 13.5 Å². The molecule has 2 rings (SSSR count). The fourth-order valence-electron chi connectivity index (χ4n) is 2.26. The van der Waals surface area contributed by atoms with Gasteiger partial charge in [-0.15, -0.1) is 0 Å². The number of rotatable bonds is 4. The van der Waals surface area contributed by atoms with Crippen molar-refractivity contribution in [2.75, 3.05) is 45.7 Å². The van der Waals surface area contributed by atoms with Crippen LogP contribution in [0, 0.1) is 0 Å². The zero-order valence-electron chi connectivity index (χ0n) is 10.4. The van der Waals surface area contributed by atoms with Crippen molar-refractivity contribution in [1.29, 1.82) is 0 Å². The summed E-state index contributed by atoms with van der Waals surface area (Å²) < 4.78 is 35.3. The third kappa shape index (κ3) is 3.87. The van der Waals surface area contributed by atoms with Gasteiger partial charge in [0.05, 0.1) is 44.3 Å². The first-order chi connectivity index (χ1) is 8.46. The van der Waals surface area contributed by atoms with Crippen LogP contribution in [0.1, 0.15) is 0 Å². The van der Waals surface area contributed by atoms with Gasteiger partial charge in [0.2, 0.25) is 10.0 Å². The van der Waals surface area contributed by atoms with E-state index in [4.69, 9.17) is 9.47 Å². The molecule has 0 radical (unpaired) electrons. The lowest BCUT2D eigenvalue weighted by molar-refractivity contribution is -0.0179. The van der Waals surface area contributed by atoms with E-state index in [1.54, 1.807) is 0 Å². The summed E-state index contributed by atoms with van der Waals surface area (Å²) >= 11 is 0. The highest BCUT2D eigenvalue weighted by Gasteiger charge is 2.38. The van der Waals surface area contributed by atoms with E-state index in [0.717, 1.165) is 19.3 Å². The second-order valence-electron chi connectivity index (χ2n) is 4.77. The lowest BCUT2D eigenvalue weighted by Crippen LogP contribution is -2.48. The Kier molecular flexibility index (Phi) is 4.57. The third-order valence-electron chi connectivity index (χ3n) is 3.19. The van der Waals surface area contributed by atoms with Gasteiger partial charge in [-0.05, 0) is 0 Å². The normalized spacial score (nSPS) is 34.9. The van der Waals surface area contributed by atoms with E-state index < -0.39 is 22.2 Å². The molecule has 18 heavy (non-hydrogen) atoms. The standard InChI is InChI=1S/C10H20N2O5S/c1-18(14,15)11-8-7-17-9(10(8)13)6-12-2-4-16-5-3-12/h8-11,13H,2-7H2,1H3/t8-,9-,10+/m0/s1. The highest BCUT2D eigenvalue weighted by Crippen LogP contribution is 2.16. The molecule has 0 aliphatic carbocycles. The predicted octanol–water partition coefficient (Wildman–Crippen LogP) is -2.00. The largest absolute Gasteiger partial charge is 0.389 e. The SMILES string of the molecule is CS(=O)(=O)N[C@H]1CO[C@@H](CN2CCOCC2)[C@@H]1O. The summed E-state index contributed by atoms with van der Waals surface area (Å²) in [6.07, 6.45) is -0.0698. The van der Waals surface area contributed by atoms with Crippen molar-refractivity contribution in [1.82, 2.24) is 9.62 Å². The summed E-state index contributed by atoms with van der Waals surface area (Å²) in [6, 6.07) is -0.550. The highest BCUT2D eigenvalue weighted by molar-refractivity contribution is 7.88. The highest BCUT2D eigenvalue weighted by atomic mass is 32.2. The Hall–Kier alpha value is -0.250. The van der Waals surface area contributed by atoms with Gasteiger partial charge in [-0.2, -0.15) is 0 Å². The summed E-state index contributed by atoms with van der Waals surface area (Å²) in [4.78, 5) is 2.15. The second-order valence-corrected chi connectivity index (χ2v) is 6.55. The zero-order valence-corrected chi connectivity index (χ0v) is 11.2. The Morgan fingerprint density at radius 2 is 2.06 bits per heavy atom. The van der Waals surface area contributed by atoms with Gasteiger partial charge in [0.25, 0.3) is 0 Å². The van der Waals surface area contributed by atoms with E-state index in [-0.39, 0.29) is 12.7 Å². The van der Waals surface area contributed by atoms with Gasteiger partial charge in [0.1, 0.15) is 0 Å². The summed E-state index contributed by atoms with van der Waals surface area (Å²) in [6.45, 7) is 3.82. The maximum Gasteiger partial charge on any atom is 0.209 e. The van der Waals surface area contributed by atoms with Crippen LogP contribution in [0.2, 0.25) is 0 Å². The van der Waals surface area contributed by atoms with Gasteiger partial charge in [0, 0.05) is 19.6 Å². The average molecular weight is 280 g/mol. The molecule has 0 spiro atoms. The minimum Gasteiger partial charge on any atom is -0.389 e. The quantitative estimate of drug-likeness (QED) is 0.619. The maximum absolute atomic E-state index is 11.1. The molecule has 2 aliphatic heterocycles. The Morgan fingerprint density at radius 3 is 2.67 bits per heavy atom. The van der Waals surface area contributed by atoms with Gasteiger partial charge in [-0.1, -0.05) is 0 Å². The molecule has 0 amide bonds. The van der Waals surface area contributed by atoms with Crippen LogP contribution in [-0.2, 0) is 19.5 Å². The number of morpholine rings is 1. The van der Waals surface area contributed by atoms with Gasteiger partial charge < -0.3 is 14.6 Å². The first-order valence-corrected chi connectivity index (χ1v) is 7.92. The summed E-state index contributed by atoms with van der Waals surface area (Å²) in [5.41, 5.74) is 0. The fraction of sp³-hybridized carbons (Fsp3) is 1.00. The first-order valence-electron chi connectivity index (χ1n) is 6.03. The molecule has 0 unspecified atom stereocenters. The molecule has 3 atom stereocenters. The lowest BCUT2D eigenvalue weighted by atomic mass is 10.1. The maximum atomic E-state index is 11.1. The fourth-order valence-corrected chi connectivity index (χ4v) is 3.02. The third-order valence-corrected chi connectivity index (χ3v) is 3.92. The Morgan fingerprint density at radius 1 is 1.39 bits per heavy atom. The van der Waals surface area contributed by atoms with E-state index in [0.29, 0.717) is 19.8 Å². The van der Waals surface area contributed by atoms with E-state index in [1.165, 1.54) is 0 Å². The molecular formula is C10H20N2O5S.